The summed E-state index contributed by atoms with van der Waals surface area (Å²) in [4.78, 5) is 0. The lowest BCUT2D eigenvalue weighted by Crippen LogP contribution is -2.21. The Bertz CT molecular complexity index is 418. The first-order chi connectivity index (χ1) is 10.3. The third-order valence-corrected chi connectivity index (χ3v) is 3.32. The minimum Gasteiger partial charge on any atom is -0.490 e. The molecule has 1 atom stereocenters. The van der Waals surface area contributed by atoms with Gasteiger partial charge in [0.1, 0.15) is 0 Å². The molecule has 118 valence electrons. The second kappa shape index (κ2) is 10.3. The lowest BCUT2D eigenvalue weighted by atomic mass is 10.0. The molecule has 0 aliphatic carbocycles. The molecule has 0 bridgehead atoms. The van der Waals surface area contributed by atoms with Crippen molar-refractivity contribution in [2.45, 2.75) is 46.1 Å². The third kappa shape index (κ3) is 5.80. The van der Waals surface area contributed by atoms with Crippen LogP contribution in [0.2, 0.25) is 0 Å². The van der Waals surface area contributed by atoms with Gasteiger partial charge in [-0.05, 0) is 57.4 Å². The Morgan fingerprint density at radius 2 is 1.86 bits per heavy atom. The van der Waals surface area contributed by atoms with Crippen molar-refractivity contribution in [3.8, 4) is 11.5 Å². The van der Waals surface area contributed by atoms with E-state index in [1.54, 1.807) is 0 Å². The maximum absolute atomic E-state index is 5.72. The van der Waals surface area contributed by atoms with Gasteiger partial charge in [-0.3, -0.25) is 0 Å². The van der Waals surface area contributed by atoms with Crippen LogP contribution < -0.4 is 14.8 Å². The van der Waals surface area contributed by atoms with E-state index >= 15 is 0 Å². The Morgan fingerprint density at radius 3 is 2.48 bits per heavy atom. The molecule has 0 spiro atoms. The molecule has 1 aromatic rings. The van der Waals surface area contributed by atoms with Gasteiger partial charge in [0, 0.05) is 6.04 Å². The summed E-state index contributed by atoms with van der Waals surface area (Å²) in [5, 5.41) is 3.55. The first kappa shape index (κ1) is 17.6. The summed E-state index contributed by atoms with van der Waals surface area (Å²) in [6.45, 7) is 12.2. The molecule has 0 aliphatic rings. The second-order valence-corrected chi connectivity index (χ2v) is 4.90. The van der Waals surface area contributed by atoms with Crippen molar-refractivity contribution < 1.29 is 9.47 Å². The van der Waals surface area contributed by atoms with E-state index in [0.717, 1.165) is 37.3 Å². The molecule has 0 fully saturated rings. The van der Waals surface area contributed by atoms with E-state index in [1.165, 1.54) is 5.56 Å². The van der Waals surface area contributed by atoms with Crippen LogP contribution in [0.4, 0.5) is 0 Å². The van der Waals surface area contributed by atoms with E-state index in [1.807, 2.05) is 26.0 Å². The molecule has 0 amide bonds. The van der Waals surface area contributed by atoms with Gasteiger partial charge >= 0.3 is 0 Å². The summed E-state index contributed by atoms with van der Waals surface area (Å²) in [6, 6.07) is 6.61. The van der Waals surface area contributed by atoms with Crippen LogP contribution >= 0.6 is 0 Å². The molecule has 0 aromatic heterocycles. The predicted molar refractivity (Wildman–Crippen MR) is 89.2 cm³/mol. The molecule has 1 unspecified atom stereocenters. The van der Waals surface area contributed by atoms with Gasteiger partial charge in [0.25, 0.3) is 0 Å². The van der Waals surface area contributed by atoms with E-state index in [2.05, 4.69) is 31.0 Å². The van der Waals surface area contributed by atoms with E-state index in [9.17, 15) is 0 Å². The topological polar surface area (TPSA) is 30.5 Å². The van der Waals surface area contributed by atoms with Crippen LogP contribution in [0.3, 0.4) is 0 Å². The highest BCUT2D eigenvalue weighted by molar-refractivity contribution is 5.44. The van der Waals surface area contributed by atoms with E-state index in [-0.39, 0.29) is 0 Å². The van der Waals surface area contributed by atoms with Crippen molar-refractivity contribution in [2.24, 2.45) is 0 Å². The molecular formula is C18H29NO2. The normalized spacial score (nSPS) is 12.0. The number of nitrogens with one attached hydrogen (secondary N) is 1. The molecular weight excluding hydrogens is 262 g/mol. The molecule has 1 aromatic carbocycles. The van der Waals surface area contributed by atoms with Crippen molar-refractivity contribution in [1.29, 1.82) is 0 Å². The number of hydrogen-bond acceptors (Lipinski definition) is 3. The summed E-state index contributed by atoms with van der Waals surface area (Å²) in [5.74, 6) is 1.66. The molecule has 0 aliphatic heterocycles. The summed E-state index contributed by atoms with van der Waals surface area (Å²) < 4.78 is 11.3. The molecule has 0 saturated heterocycles. The fraction of sp³-hybridized carbons (Fsp3) is 0.556. The van der Waals surface area contributed by atoms with Gasteiger partial charge in [0.05, 0.1) is 13.2 Å². The number of allylic oxidation sites excluding steroid dienone is 1. The zero-order valence-electron chi connectivity index (χ0n) is 13.7. The van der Waals surface area contributed by atoms with Crippen molar-refractivity contribution in [3.63, 3.8) is 0 Å². The fourth-order valence-electron chi connectivity index (χ4n) is 2.38. The predicted octanol–water partition coefficient (Wildman–Crippen LogP) is 4.49. The molecule has 0 radical (unpaired) electrons. The maximum Gasteiger partial charge on any atom is 0.161 e. The van der Waals surface area contributed by atoms with Crippen LogP contribution in [0.25, 0.3) is 0 Å². The van der Waals surface area contributed by atoms with Crippen molar-refractivity contribution in [3.05, 3.63) is 36.4 Å². The van der Waals surface area contributed by atoms with Gasteiger partial charge in [-0.25, -0.2) is 0 Å². The van der Waals surface area contributed by atoms with Gasteiger partial charge in [0.15, 0.2) is 11.5 Å². The van der Waals surface area contributed by atoms with Crippen LogP contribution in [0.5, 0.6) is 11.5 Å². The van der Waals surface area contributed by atoms with Crippen LogP contribution in [-0.2, 0) is 0 Å². The van der Waals surface area contributed by atoms with Crippen LogP contribution in [0.15, 0.2) is 30.9 Å². The van der Waals surface area contributed by atoms with Crippen molar-refractivity contribution in [1.82, 2.24) is 5.32 Å². The Labute approximate surface area is 129 Å². The number of rotatable bonds is 11. The highest BCUT2D eigenvalue weighted by Crippen LogP contribution is 2.32. The minimum atomic E-state index is 0.352. The highest BCUT2D eigenvalue weighted by Gasteiger charge is 2.13. The van der Waals surface area contributed by atoms with Gasteiger partial charge in [-0.15, -0.1) is 6.58 Å². The summed E-state index contributed by atoms with van der Waals surface area (Å²) in [5.41, 5.74) is 1.26. The van der Waals surface area contributed by atoms with Crippen molar-refractivity contribution >= 4 is 0 Å². The lowest BCUT2D eigenvalue weighted by molar-refractivity contribution is 0.287. The number of hydrogen-bond donors (Lipinski definition) is 1. The molecule has 0 heterocycles. The van der Waals surface area contributed by atoms with Gasteiger partial charge < -0.3 is 14.8 Å². The Morgan fingerprint density at radius 1 is 1.14 bits per heavy atom. The zero-order valence-corrected chi connectivity index (χ0v) is 13.7. The average Bonchev–Trinajstić information content (AvgIpc) is 2.49. The monoisotopic (exact) mass is 291 g/mol. The van der Waals surface area contributed by atoms with E-state index in [4.69, 9.17) is 9.47 Å². The Kier molecular flexibility index (Phi) is 8.60. The van der Waals surface area contributed by atoms with Gasteiger partial charge in [-0.2, -0.15) is 0 Å². The first-order valence-corrected chi connectivity index (χ1v) is 8.00. The summed E-state index contributed by atoms with van der Waals surface area (Å²) in [7, 11) is 0. The number of ether oxygens (including phenoxy) is 2. The van der Waals surface area contributed by atoms with Gasteiger partial charge in [0.2, 0.25) is 0 Å². The van der Waals surface area contributed by atoms with E-state index < -0.39 is 0 Å². The minimum absolute atomic E-state index is 0.352. The molecule has 21 heavy (non-hydrogen) atoms. The smallest absolute Gasteiger partial charge is 0.161 e. The summed E-state index contributed by atoms with van der Waals surface area (Å²) in [6.07, 6.45) is 5.27. The molecule has 1 N–H and O–H groups in total. The third-order valence-electron chi connectivity index (χ3n) is 3.32. The maximum atomic E-state index is 5.72. The zero-order chi connectivity index (χ0) is 15.5. The average molecular weight is 291 g/mol. The molecule has 3 heteroatoms. The van der Waals surface area contributed by atoms with Gasteiger partial charge in [-0.1, -0.05) is 19.1 Å². The molecule has 3 nitrogen and oxygen atoms in total. The Balaban J connectivity index is 2.90. The molecule has 1 rings (SSSR count). The SMILES string of the molecule is C=CCCCC(NCC)c1ccc(OCC)c(OCC)c1. The fourth-order valence-corrected chi connectivity index (χ4v) is 2.38. The van der Waals surface area contributed by atoms with E-state index in [0.29, 0.717) is 19.3 Å². The standard InChI is InChI=1S/C18H29NO2/c1-5-9-10-11-16(19-6-2)15-12-13-17(20-7-3)18(14-15)21-8-4/h5,12-14,16,19H,1,6-11H2,2-4H3. The highest BCUT2D eigenvalue weighted by atomic mass is 16.5. The quantitative estimate of drug-likeness (QED) is 0.481. The van der Waals surface area contributed by atoms with Crippen LogP contribution in [0, 0.1) is 0 Å². The van der Waals surface area contributed by atoms with Crippen LogP contribution in [0.1, 0.15) is 51.6 Å². The number of unbranched alkanes of at least 4 members (excludes halogenated alkanes) is 1. The number of benzene rings is 1. The second-order valence-electron chi connectivity index (χ2n) is 4.90. The summed E-state index contributed by atoms with van der Waals surface area (Å²) >= 11 is 0. The lowest BCUT2D eigenvalue weighted by Gasteiger charge is -2.20. The first-order valence-electron chi connectivity index (χ1n) is 8.00. The molecule has 0 saturated carbocycles. The van der Waals surface area contributed by atoms with Crippen LogP contribution in [-0.4, -0.2) is 19.8 Å². The Hall–Kier alpha value is -1.48. The van der Waals surface area contributed by atoms with Crippen molar-refractivity contribution in [2.75, 3.05) is 19.8 Å². The largest absolute Gasteiger partial charge is 0.490 e.